The highest BCUT2D eigenvalue weighted by Crippen LogP contribution is 2.18. The number of fused-ring (bicyclic) bond motifs is 1. The van der Waals surface area contributed by atoms with Gasteiger partial charge in [-0.15, -0.1) is 0 Å². The lowest BCUT2D eigenvalue weighted by Gasteiger charge is -2.10. The van der Waals surface area contributed by atoms with Gasteiger partial charge in [-0.2, -0.15) is 5.10 Å². The number of aryl methyl sites for hydroxylation is 2. The molecule has 9 heteroatoms. The van der Waals surface area contributed by atoms with Gasteiger partial charge in [-0.25, -0.2) is 0 Å². The summed E-state index contributed by atoms with van der Waals surface area (Å²) in [5, 5.41) is 11.4. The van der Waals surface area contributed by atoms with Crippen LogP contribution in [0.3, 0.4) is 0 Å². The number of aromatic nitrogens is 3. The van der Waals surface area contributed by atoms with Crippen molar-refractivity contribution in [2.75, 3.05) is 26.4 Å². The van der Waals surface area contributed by atoms with Crippen LogP contribution in [0.25, 0.3) is 0 Å². The largest absolute Gasteiger partial charge is 0.463 e. The van der Waals surface area contributed by atoms with Crippen molar-refractivity contribution < 1.29 is 23.6 Å². The van der Waals surface area contributed by atoms with Crippen LogP contribution in [-0.2, 0) is 40.1 Å². The van der Waals surface area contributed by atoms with Gasteiger partial charge in [-0.3, -0.25) is 14.3 Å². The summed E-state index contributed by atoms with van der Waals surface area (Å²) in [6, 6.07) is 1.71. The van der Waals surface area contributed by atoms with E-state index in [-0.39, 0.29) is 24.9 Å². The minimum Gasteiger partial charge on any atom is -0.463 e. The number of hydrogen-bond donors (Lipinski definition) is 1. The molecule has 3 heterocycles. The molecule has 0 radical (unpaired) electrons. The van der Waals surface area contributed by atoms with Crippen LogP contribution in [0.15, 0.2) is 10.6 Å². The third kappa shape index (κ3) is 5.66. The van der Waals surface area contributed by atoms with Gasteiger partial charge in [0.2, 0.25) is 0 Å². The molecule has 3 rings (SSSR count). The Morgan fingerprint density at radius 2 is 2.17 bits per heavy atom. The smallest absolute Gasteiger partial charge is 0.312 e. The van der Waals surface area contributed by atoms with E-state index in [1.807, 2.05) is 6.92 Å². The highest BCUT2D eigenvalue weighted by molar-refractivity contribution is 5.96. The highest BCUT2D eigenvalue weighted by atomic mass is 16.5. The zero-order valence-electron chi connectivity index (χ0n) is 17.0. The Bertz CT molecular complexity index is 842. The lowest BCUT2D eigenvalue weighted by Crippen LogP contribution is -2.26. The molecule has 1 aliphatic rings. The summed E-state index contributed by atoms with van der Waals surface area (Å²) < 4.78 is 17.7. The van der Waals surface area contributed by atoms with Crippen molar-refractivity contribution in [3.63, 3.8) is 0 Å². The predicted octanol–water partition coefficient (Wildman–Crippen LogP) is 1.61. The lowest BCUT2D eigenvalue weighted by atomic mass is 10.1. The van der Waals surface area contributed by atoms with Gasteiger partial charge in [0, 0.05) is 25.8 Å². The normalized spacial score (nSPS) is 15.3. The molecular weight excluding hydrogens is 376 g/mol. The fraction of sp³-hybridized carbons (Fsp3) is 0.600. The van der Waals surface area contributed by atoms with E-state index in [1.165, 1.54) is 0 Å². The molecule has 0 atom stereocenters. The van der Waals surface area contributed by atoms with Crippen molar-refractivity contribution in [3.05, 3.63) is 34.5 Å². The van der Waals surface area contributed by atoms with Crippen molar-refractivity contribution >= 4 is 11.9 Å². The van der Waals surface area contributed by atoms with Gasteiger partial charge in [-0.1, -0.05) is 12.1 Å². The molecule has 0 spiro atoms. The number of ether oxygens (including phenoxy) is 2. The fourth-order valence-corrected chi connectivity index (χ4v) is 3.35. The van der Waals surface area contributed by atoms with Crippen LogP contribution in [0.1, 0.15) is 53.0 Å². The first-order valence-electron chi connectivity index (χ1n) is 10.1. The van der Waals surface area contributed by atoms with Gasteiger partial charge in [0.25, 0.3) is 5.91 Å². The lowest BCUT2D eigenvalue weighted by molar-refractivity contribution is -0.143. The standard InChI is InChI=1S/C20H28N4O5/c1-3-16-19-17(6-4-9-27-10-5-7-21-20(19)26)24(22-16)8-11-28-18(25)13-15-12-14(2)29-23-15/h12H,3-11,13H2,1-2H3,(H,21,26). The number of hydrogen-bond acceptors (Lipinski definition) is 7. The maximum Gasteiger partial charge on any atom is 0.312 e. The van der Waals surface area contributed by atoms with E-state index in [9.17, 15) is 9.59 Å². The predicted molar refractivity (Wildman–Crippen MR) is 104 cm³/mol. The summed E-state index contributed by atoms with van der Waals surface area (Å²) >= 11 is 0. The second-order valence-electron chi connectivity index (χ2n) is 7.00. The first-order chi connectivity index (χ1) is 14.1. The Labute approximate surface area is 169 Å². The van der Waals surface area contributed by atoms with Crippen molar-refractivity contribution in [1.82, 2.24) is 20.3 Å². The van der Waals surface area contributed by atoms with Crippen molar-refractivity contribution in [1.29, 1.82) is 0 Å². The highest BCUT2D eigenvalue weighted by Gasteiger charge is 2.23. The van der Waals surface area contributed by atoms with Gasteiger partial charge in [0.05, 0.1) is 35.6 Å². The number of rotatable bonds is 6. The second-order valence-corrected chi connectivity index (χ2v) is 7.00. The molecule has 2 aromatic heterocycles. The zero-order chi connectivity index (χ0) is 20.6. The van der Waals surface area contributed by atoms with E-state index in [0.29, 0.717) is 56.2 Å². The Morgan fingerprint density at radius 1 is 1.34 bits per heavy atom. The number of amides is 1. The topological polar surface area (TPSA) is 108 Å². The Kier molecular flexibility index (Phi) is 7.40. The molecule has 29 heavy (non-hydrogen) atoms. The third-order valence-electron chi connectivity index (χ3n) is 4.71. The Hall–Kier alpha value is -2.68. The monoisotopic (exact) mass is 404 g/mol. The molecule has 0 aromatic carbocycles. The Balaban J connectivity index is 1.66. The summed E-state index contributed by atoms with van der Waals surface area (Å²) in [4.78, 5) is 24.7. The molecule has 1 amide bonds. The first-order valence-corrected chi connectivity index (χ1v) is 10.1. The number of carbonyl (C=O) groups is 2. The minimum atomic E-state index is -0.375. The molecule has 158 valence electrons. The summed E-state index contributed by atoms with van der Waals surface area (Å²) in [6.45, 7) is 6.17. The molecule has 1 N–H and O–H groups in total. The van der Waals surface area contributed by atoms with Crippen molar-refractivity contribution in [3.8, 4) is 0 Å². The van der Waals surface area contributed by atoms with Crippen LogP contribution in [0.5, 0.6) is 0 Å². The summed E-state index contributed by atoms with van der Waals surface area (Å²) in [5.74, 6) is 0.184. The molecular formula is C20H28N4O5. The van der Waals surface area contributed by atoms with E-state index in [4.69, 9.17) is 14.0 Å². The first kappa shape index (κ1) is 21.0. The molecule has 9 nitrogen and oxygen atoms in total. The summed E-state index contributed by atoms with van der Waals surface area (Å²) in [7, 11) is 0. The van der Waals surface area contributed by atoms with E-state index in [0.717, 1.165) is 24.2 Å². The molecule has 1 aliphatic heterocycles. The molecule has 0 fully saturated rings. The molecule has 0 bridgehead atoms. The average Bonchev–Trinajstić information content (AvgIpc) is 3.25. The number of nitrogens with zero attached hydrogens (tertiary/aromatic N) is 3. The fourth-order valence-electron chi connectivity index (χ4n) is 3.35. The SMILES string of the molecule is CCc1nn(CCOC(=O)Cc2cc(C)on2)c2c1C(=O)NCCCOCCC2. The quantitative estimate of drug-likeness (QED) is 0.729. The van der Waals surface area contributed by atoms with Gasteiger partial charge in [0.15, 0.2) is 0 Å². The van der Waals surface area contributed by atoms with Gasteiger partial charge >= 0.3 is 5.97 Å². The molecule has 2 aromatic rings. The van der Waals surface area contributed by atoms with Crippen LogP contribution in [0, 0.1) is 6.92 Å². The maximum absolute atomic E-state index is 12.7. The van der Waals surface area contributed by atoms with E-state index >= 15 is 0 Å². The molecule has 0 aliphatic carbocycles. The van der Waals surface area contributed by atoms with Crippen LogP contribution in [-0.4, -0.2) is 53.2 Å². The van der Waals surface area contributed by atoms with E-state index in [2.05, 4.69) is 15.6 Å². The number of carbonyl (C=O) groups excluding carboxylic acids is 2. The maximum atomic E-state index is 12.7. The van der Waals surface area contributed by atoms with Crippen LogP contribution < -0.4 is 5.32 Å². The van der Waals surface area contributed by atoms with Crippen molar-refractivity contribution in [2.24, 2.45) is 0 Å². The van der Waals surface area contributed by atoms with E-state index < -0.39 is 0 Å². The zero-order valence-corrected chi connectivity index (χ0v) is 17.0. The van der Waals surface area contributed by atoms with E-state index in [1.54, 1.807) is 17.7 Å². The van der Waals surface area contributed by atoms with Crippen LogP contribution in [0.4, 0.5) is 0 Å². The number of nitrogens with one attached hydrogen (secondary N) is 1. The number of esters is 1. The molecule has 0 unspecified atom stereocenters. The molecule has 0 saturated heterocycles. The van der Waals surface area contributed by atoms with Crippen molar-refractivity contribution in [2.45, 2.75) is 52.5 Å². The Morgan fingerprint density at radius 3 is 2.93 bits per heavy atom. The second kappa shape index (κ2) is 10.2. The molecule has 0 saturated carbocycles. The van der Waals surface area contributed by atoms with Gasteiger partial charge in [0.1, 0.15) is 12.4 Å². The average molecular weight is 404 g/mol. The summed E-state index contributed by atoms with van der Waals surface area (Å²) in [6.07, 6.45) is 3.00. The van der Waals surface area contributed by atoms with Crippen LogP contribution >= 0.6 is 0 Å². The van der Waals surface area contributed by atoms with Gasteiger partial charge < -0.3 is 19.3 Å². The minimum absolute atomic E-state index is 0.0640. The third-order valence-corrected chi connectivity index (χ3v) is 4.71. The van der Waals surface area contributed by atoms with Crippen LogP contribution in [0.2, 0.25) is 0 Å². The van der Waals surface area contributed by atoms with Gasteiger partial charge in [-0.05, 0) is 32.6 Å². The summed E-state index contributed by atoms with van der Waals surface area (Å²) in [5.41, 5.74) is 2.83.